The molecular formula is C16H35IN4O2. The van der Waals surface area contributed by atoms with Crippen molar-refractivity contribution in [1.29, 1.82) is 0 Å². The second-order valence-corrected chi connectivity index (χ2v) is 5.43. The number of ether oxygens (including phenoxy) is 1. The fourth-order valence-electron chi connectivity index (χ4n) is 1.99. The summed E-state index contributed by atoms with van der Waals surface area (Å²) in [5, 5.41) is 3.23. The minimum absolute atomic E-state index is 0. The highest BCUT2D eigenvalue weighted by Crippen LogP contribution is 1.95. The van der Waals surface area contributed by atoms with Gasteiger partial charge in [-0.3, -0.25) is 9.79 Å². The lowest BCUT2D eigenvalue weighted by Crippen LogP contribution is -2.45. The number of nitrogens with zero attached hydrogens (tertiary/aromatic N) is 3. The van der Waals surface area contributed by atoms with E-state index in [9.17, 15) is 4.79 Å². The van der Waals surface area contributed by atoms with E-state index in [2.05, 4.69) is 10.3 Å². The van der Waals surface area contributed by atoms with Crippen molar-refractivity contribution in [1.82, 2.24) is 15.1 Å². The molecule has 0 aliphatic carbocycles. The molecule has 0 unspecified atom stereocenters. The van der Waals surface area contributed by atoms with E-state index in [4.69, 9.17) is 4.74 Å². The molecule has 1 amide bonds. The molecule has 0 atom stereocenters. The summed E-state index contributed by atoms with van der Waals surface area (Å²) in [7, 11) is 1.90. The molecular weight excluding hydrogens is 407 g/mol. The molecule has 6 nitrogen and oxygen atoms in total. The maximum atomic E-state index is 12.2. The van der Waals surface area contributed by atoms with Gasteiger partial charge in [0.15, 0.2) is 5.96 Å². The van der Waals surface area contributed by atoms with E-state index in [1.54, 1.807) is 0 Å². The molecule has 0 spiro atoms. The van der Waals surface area contributed by atoms with Gasteiger partial charge in [-0.25, -0.2) is 0 Å². The second-order valence-electron chi connectivity index (χ2n) is 5.43. The summed E-state index contributed by atoms with van der Waals surface area (Å²) in [5.41, 5.74) is 0. The monoisotopic (exact) mass is 442 g/mol. The lowest BCUT2D eigenvalue weighted by atomic mass is 10.4. The van der Waals surface area contributed by atoms with E-state index >= 15 is 0 Å². The van der Waals surface area contributed by atoms with Crippen LogP contribution in [0.3, 0.4) is 0 Å². The molecule has 23 heavy (non-hydrogen) atoms. The van der Waals surface area contributed by atoms with Crippen LogP contribution in [0, 0.1) is 0 Å². The van der Waals surface area contributed by atoms with Crippen LogP contribution in [0.4, 0.5) is 0 Å². The SMILES string of the molecule is CCNC(=NCCCOC(C)C)N(C)CC(=O)N(CC)CC.I. The Bertz CT molecular complexity index is 334. The van der Waals surface area contributed by atoms with Gasteiger partial charge < -0.3 is 19.9 Å². The average Bonchev–Trinajstić information content (AvgIpc) is 2.46. The quantitative estimate of drug-likeness (QED) is 0.244. The first-order valence-corrected chi connectivity index (χ1v) is 8.34. The summed E-state index contributed by atoms with van der Waals surface area (Å²) in [6, 6.07) is 0. The van der Waals surface area contributed by atoms with Gasteiger partial charge in [0, 0.05) is 39.8 Å². The molecule has 1 N–H and O–H groups in total. The van der Waals surface area contributed by atoms with Crippen molar-refractivity contribution in [2.45, 2.75) is 47.1 Å². The number of guanidine groups is 1. The molecule has 0 aromatic carbocycles. The molecule has 0 aromatic heterocycles. The molecule has 0 saturated carbocycles. The van der Waals surface area contributed by atoms with Gasteiger partial charge in [0.25, 0.3) is 0 Å². The number of nitrogens with one attached hydrogen (secondary N) is 1. The Morgan fingerprint density at radius 1 is 1.22 bits per heavy atom. The largest absolute Gasteiger partial charge is 0.379 e. The smallest absolute Gasteiger partial charge is 0.242 e. The van der Waals surface area contributed by atoms with Crippen LogP contribution >= 0.6 is 24.0 Å². The zero-order chi connectivity index (χ0) is 17.0. The van der Waals surface area contributed by atoms with Crippen molar-refractivity contribution >= 4 is 35.8 Å². The van der Waals surface area contributed by atoms with E-state index in [1.807, 2.05) is 51.5 Å². The third kappa shape index (κ3) is 11.6. The van der Waals surface area contributed by atoms with E-state index in [0.29, 0.717) is 19.7 Å². The minimum atomic E-state index is 0. The molecule has 0 bridgehead atoms. The zero-order valence-electron chi connectivity index (χ0n) is 15.6. The van der Waals surface area contributed by atoms with Crippen LogP contribution < -0.4 is 5.32 Å². The standard InChI is InChI=1S/C16H34N4O2.HI/c1-7-17-16(18-11-10-12-22-14(4)5)19(6)13-15(21)20(8-2)9-3;/h14H,7-13H2,1-6H3,(H,17,18);1H. The highest BCUT2D eigenvalue weighted by Gasteiger charge is 2.14. The van der Waals surface area contributed by atoms with Crippen molar-refractivity contribution < 1.29 is 9.53 Å². The van der Waals surface area contributed by atoms with Crippen molar-refractivity contribution in [3.63, 3.8) is 0 Å². The van der Waals surface area contributed by atoms with Crippen LogP contribution in [-0.2, 0) is 9.53 Å². The summed E-state index contributed by atoms with van der Waals surface area (Å²) in [6.45, 7) is 14.1. The Morgan fingerprint density at radius 2 is 1.83 bits per heavy atom. The first-order valence-electron chi connectivity index (χ1n) is 8.34. The number of aliphatic imine (C=N–C) groups is 1. The predicted molar refractivity (Wildman–Crippen MR) is 108 cm³/mol. The van der Waals surface area contributed by atoms with Crippen LogP contribution in [0.5, 0.6) is 0 Å². The fraction of sp³-hybridized carbons (Fsp3) is 0.875. The third-order valence-corrected chi connectivity index (χ3v) is 3.20. The molecule has 0 heterocycles. The van der Waals surface area contributed by atoms with E-state index in [-0.39, 0.29) is 36.0 Å². The van der Waals surface area contributed by atoms with Gasteiger partial charge in [0.2, 0.25) is 5.91 Å². The molecule has 0 aliphatic rings. The molecule has 0 aromatic rings. The van der Waals surface area contributed by atoms with Crippen LogP contribution in [0.2, 0.25) is 0 Å². The van der Waals surface area contributed by atoms with Crippen LogP contribution in [0.15, 0.2) is 4.99 Å². The Labute approximate surface area is 159 Å². The van der Waals surface area contributed by atoms with Crippen LogP contribution in [-0.4, -0.2) is 74.1 Å². The summed E-state index contributed by atoms with van der Waals surface area (Å²) in [5.74, 6) is 0.897. The Morgan fingerprint density at radius 3 is 2.30 bits per heavy atom. The topological polar surface area (TPSA) is 57.2 Å². The van der Waals surface area contributed by atoms with Gasteiger partial charge in [0.05, 0.1) is 12.6 Å². The summed E-state index contributed by atoms with van der Waals surface area (Å²) in [6.07, 6.45) is 1.14. The normalized spacial score (nSPS) is 11.2. The lowest BCUT2D eigenvalue weighted by Gasteiger charge is -2.25. The van der Waals surface area contributed by atoms with Crippen molar-refractivity contribution in [3.8, 4) is 0 Å². The molecule has 0 aliphatic heterocycles. The molecule has 7 heteroatoms. The Kier molecular flexibility index (Phi) is 16.1. The molecule has 0 rings (SSSR count). The number of carbonyl (C=O) groups excluding carboxylic acids is 1. The molecule has 0 radical (unpaired) electrons. The number of halogens is 1. The molecule has 138 valence electrons. The number of hydrogen-bond donors (Lipinski definition) is 1. The number of amides is 1. The number of hydrogen-bond acceptors (Lipinski definition) is 3. The number of carbonyl (C=O) groups is 1. The molecule has 0 saturated heterocycles. The Hall–Kier alpha value is -0.570. The Balaban J connectivity index is 0. The lowest BCUT2D eigenvalue weighted by molar-refractivity contribution is -0.131. The maximum absolute atomic E-state index is 12.2. The summed E-state index contributed by atoms with van der Waals surface area (Å²) in [4.78, 5) is 20.4. The number of likely N-dealkylation sites (N-methyl/N-ethyl adjacent to an activating group) is 2. The van der Waals surface area contributed by atoms with Gasteiger partial charge in [0.1, 0.15) is 0 Å². The van der Waals surface area contributed by atoms with Crippen molar-refractivity contribution in [2.24, 2.45) is 4.99 Å². The van der Waals surface area contributed by atoms with Gasteiger partial charge in [-0.1, -0.05) is 0 Å². The zero-order valence-corrected chi connectivity index (χ0v) is 17.9. The molecule has 0 fully saturated rings. The van der Waals surface area contributed by atoms with Gasteiger partial charge in [-0.05, 0) is 41.0 Å². The fourth-order valence-corrected chi connectivity index (χ4v) is 1.99. The van der Waals surface area contributed by atoms with Crippen molar-refractivity contribution in [2.75, 3.05) is 46.4 Å². The number of rotatable bonds is 10. The average molecular weight is 442 g/mol. The van der Waals surface area contributed by atoms with Crippen LogP contribution in [0.1, 0.15) is 41.0 Å². The second kappa shape index (κ2) is 15.0. The summed E-state index contributed by atoms with van der Waals surface area (Å²) >= 11 is 0. The highest BCUT2D eigenvalue weighted by molar-refractivity contribution is 14.0. The first kappa shape index (κ1) is 24.7. The first-order chi connectivity index (χ1) is 10.5. The van der Waals surface area contributed by atoms with E-state index in [1.165, 1.54) is 0 Å². The van der Waals surface area contributed by atoms with Gasteiger partial charge in [-0.2, -0.15) is 0 Å². The van der Waals surface area contributed by atoms with Gasteiger partial charge >= 0.3 is 0 Å². The third-order valence-electron chi connectivity index (χ3n) is 3.20. The maximum Gasteiger partial charge on any atom is 0.242 e. The highest BCUT2D eigenvalue weighted by atomic mass is 127. The minimum Gasteiger partial charge on any atom is -0.379 e. The van der Waals surface area contributed by atoms with E-state index in [0.717, 1.165) is 32.0 Å². The van der Waals surface area contributed by atoms with E-state index < -0.39 is 0 Å². The van der Waals surface area contributed by atoms with Crippen molar-refractivity contribution in [3.05, 3.63) is 0 Å². The van der Waals surface area contributed by atoms with Crippen LogP contribution in [0.25, 0.3) is 0 Å². The van der Waals surface area contributed by atoms with Gasteiger partial charge in [-0.15, -0.1) is 24.0 Å². The summed E-state index contributed by atoms with van der Waals surface area (Å²) < 4.78 is 5.51. The predicted octanol–water partition coefficient (Wildman–Crippen LogP) is 2.19.